The lowest BCUT2D eigenvalue weighted by molar-refractivity contribution is -0.144. The zero-order chi connectivity index (χ0) is 24.5. The minimum Gasteiger partial charge on any atom is -0.497 e. The van der Waals surface area contributed by atoms with Crippen LogP contribution in [0, 0.1) is 0 Å². The number of furan rings is 1. The van der Waals surface area contributed by atoms with E-state index >= 15 is 0 Å². The van der Waals surface area contributed by atoms with Crippen molar-refractivity contribution in [1.29, 1.82) is 0 Å². The summed E-state index contributed by atoms with van der Waals surface area (Å²) < 4.78 is 43.7. The largest absolute Gasteiger partial charge is 0.497 e. The number of carbonyl (C=O) groups is 2. The van der Waals surface area contributed by atoms with Gasteiger partial charge in [-0.1, -0.05) is 18.2 Å². The highest BCUT2D eigenvalue weighted by Crippen LogP contribution is 2.33. The average Bonchev–Trinajstić information content (AvgIpc) is 3.20. The molecule has 0 saturated heterocycles. The number of hydrogen-bond donors (Lipinski definition) is 0. The molecule has 0 aliphatic carbocycles. The van der Waals surface area contributed by atoms with Crippen LogP contribution in [0.5, 0.6) is 5.75 Å². The molecule has 2 aromatic carbocycles. The van der Waals surface area contributed by atoms with E-state index in [9.17, 15) is 18.0 Å². The second-order valence-electron chi connectivity index (χ2n) is 7.41. The summed E-state index contributed by atoms with van der Waals surface area (Å²) in [6.07, 6.45) is 0. The van der Waals surface area contributed by atoms with E-state index in [1.165, 1.54) is 48.4 Å². The number of ether oxygens (including phenoxy) is 2. The Kier molecular flexibility index (Phi) is 6.65. The number of carbonyl (C=O) groups excluding carboxylic acids is 2. The quantitative estimate of drug-likeness (QED) is 0.490. The average molecular weight is 505 g/mol. The molecule has 1 amide bonds. The molecule has 0 bridgehead atoms. The number of fused-ring (bicyclic) bond motifs is 1. The summed E-state index contributed by atoms with van der Waals surface area (Å²) in [7, 11) is -1.54. The van der Waals surface area contributed by atoms with Gasteiger partial charge in [-0.2, -0.15) is 4.31 Å². The van der Waals surface area contributed by atoms with Crippen molar-refractivity contribution in [2.75, 3.05) is 25.7 Å². The molecule has 0 fully saturated rings. The topological polar surface area (TPSA) is 106 Å². The maximum absolute atomic E-state index is 13.7. The van der Waals surface area contributed by atoms with Gasteiger partial charge >= 0.3 is 5.97 Å². The Labute approximate surface area is 201 Å². The molecule has 1 aromatic heterocycles. The van der Waals surface area contributed by atoms with Gasteiger partial charge in [0.05, 0.1) is 25.7 Å². The first-order chi connectivity index (χ1) is 16.3. The number of anilines is 1. The summed E-state index contributed by atoms with van der Waals surface area (Å²) in [4.78, 5) is 27.4. The third-order valence-corrected chi connectivity index (χ3v) is 7.55. The Morgan fingerprint density at radius 2 is 1.74 bits per heavy atom. The Morgan fingerprint density at radius 3 is 2.35 bits per heavy atom. The van der Waals surface area contributed by atoms with E-state index in [4.69, 9.17) is 25.5 Å². The number of amides is 1. The van der Waals surface area contributed by atoms with Crippen LogP contribution in [-0.4, -0.2) is 51.4 Å². The van der Waals surface area contributed by atoms with Crippen molar-refractivity contribution >= 4 is 39.2 Å². The lowest BCUT2D eigenvalue weighted by Gasteiger charge is -2.29. The van der Waals surface area contributed by atoms with Crippen molar-refractivity contribution in [1.82, 2.24) is 4.31 Å². The Bertz CT molecular complexity index is 1320. The van der Waals surface area contributed by atoms with E-state index in [-0.39, 0.29) is 29.0 Å². The molecule has 3 aromatic rings. The molecule has 0 spiro atoms. The molecule has 0 radical (unpaired) electrons. The lowest BCUT2D eigenvalue weighted by Crippen LogP contribution is -2.50. The fourth-order valence-corrected chi connectivity index (χ4v) is 5.46. The summed E-state index contributed by atoms with van der Waals surface area (Å²) >= 11 is 5.84. The van der Waals surface area contributed by atoms with E-state index in [1.54, 1.807) is 24.3 Å². The molecule has 4 rings (SSSR count). The Hall–Kier alpha value is -3.34. The molecule has 0 saturated carbocycles. The van der Waals surface area contributed by atoms with Gasteiger partial charge in [-0.25, -0.2) is 8.42 Å². The van der Waals surface area contributed by atoms with Crippen LogP contribution in [0.4, 0.5) is 5.69 Å². The van der Waals surface area contributed by atoms with Gasteiger partial charge in [-0.15, -0.1) is 0 Å². The zero-order valence-electron chi connectivity index (χ0n) is 18.3. The number of hydrogen-bond acceptors (Lipinski definition) is 7. The highest BCUT2D eigenvalue weighted by atomic mass is 35.5. The molecule has 1 unspecified atom stereocenters. The van der Waals surface area contributed by atoms with E-state index in [1.807, 2.05) is 0 Å². The highest BCUT2D eigenvalue weighted by molar-refractivity contribution is 7.89. The van der Waals surface area contributed by atoms with Crippen LogP contribution in [0.2, 0.25) is 5.22 Å². The molecule has 2 heterocycles. The number of para-hydroxylation sites is 1. The van der Waals surface area contributed by atoms with Crippen molar-refractivity contribution in [3.8, 4) is 5.75 Å². The van der Waals surface area contributed by atoms with E-state index in [0.717, 1.165) is 11.4 Å². The first kappa shape index (κ1) is 23.8. The fourth-order valence-electron chi connectivity index (χ4n) is 3.77. The second kappa shape index (κ2) is 9.49. The predicted molar refractivity (Wildman–Crippen MR) is 123 cm³/mol. The SMILES string of the molecule is COC(=O)C1CN(C(=O)c2ccc(Cl)o2)c2ccccc2CN1S(=O)(=O)c1ccc(OC)cc1. The first-order valence-corrected chi connectivity index (χ1v) is 12.0. The molecule has 1 atom stereocenters. The molecule has 9 nitrogen and oxygen atoms in total. The number of benzene rings is 2. The van der Waals surface area contributed by atoms with Crippen LogP contribution in [0.3, 0.4) is 0 Å². The third-order valence-electron chi connectivity index (χ3n) is 5.48. The minimum absolute atomic E-state index is 0.0275. The van der Waals surface area contributed by atoms with Crippen LogP contribution in [0.1, 0.15) is 16.1 Å². The maximum atomic E-state index is 13.7. The number of methoxy groups -OCH3 is 2. The fraction of sp³-hybridized carbons (Fsp3) is 0.217. The molecular weight excluding hydrogens is 484 g/mol. The number of halogens is 1. The molecule has 1 aliphatic rings. The first-order valence-electron chi connectivity index (χ1n) is 10.1. The summed E-state index contributed by atoms with van der Waals surface area (Å²) in [6, 6.07) is 14.2. The van der Waals surface area contributed by atoms with Gasteiger partial charge in [0.15, 0.2) is 11.0 Å². The van der Waals surface area contributed by atoms with Crippen LogP contribution >= 0.6 is 11.6 Å². The molecule has 11 heteroatoms. The van der Waals surface area contributed by atoms with Crippen molar-refractivity contribution in [2.45, 2.75) is 17.5 Å². The number of esters is 1. The van der Waals surface area contributed by atoms with Crippen molar-refractivity contribution in [3.63, 3.8) is 0 Å². The van der Waals surface area contributed by atoms with Gasteiger partial charge in [0.25, 0.3) is 5.91 Å². The van der Waals surface area contributed by atoms with Gasteiger partial charge < -0.3 is 18.8 Å². The molecular formula is C23H21ClN2O7S. The Balaban J connectivity index is 1.82. The highest BCUT2D eigenvalue weighted by Gasteiger charge is 2.42. The molecule has 1 aliphatic heterocycles. The van der Waals surface area contributed by atoms with E-state index < -0.39 is 27.9 Å². The van der Waals surface area contributed by atoms with E-state index in [0.29, 0.717) is 17.0 Å². The molecule has 34 heavy (non-hydrogen) atoms. The summed E-state index contributed by atoms with van der Waals surface area (Å²) in [5, 5.41) is 0.0275. The van der Waals surface area contributed by atoms with Gasteiger partial charge in [0.1, 0.15) is 11.8 Å². The number of sulfonamides is 1. The zero-order valence-corrected chi connectivity index (χ0v) is 19.9. The normalized spacial score (nSPS) is 16.4. The summed E-state index contributed by atoms with van der Waals surface area (Å²) in [6.45, 7) is -0.455. The van der Waals surface area contributed by atoms with Crippen molar-refractivity contribution in [2.24, 2.45) is 0 Å². The monoisotopic (exact) mass is 504 g/mol. The van der Waals surface area contributed by atoms with Crippen molar-refractivity contribution < 1.29 is 31.9 Å². The Morgan fingerprint density at radius 1 is 1.03 bits per heavy atom. The van der Waals surface area contributed by atoms with Gasteiger partial charge in [0.2, 0.25) is 10.0 Å². The van der Waals surface area contributed by atoms with E-state index in [2.05, 4.69) is 0 Å². The smallest absolute Gasteiger partial charge is 0.326 e. The summed E-state index contributed by atoms with van der Waals surface area (Å²) in [5.41, 5.74) is 0.971. The third kappa shape index (κ3) is 4.39. The van der Waals surface area contributed by atoms with Crippen LogP contribution in [0.25, 0.3) is 0 Å². The standard InChI is InChI=1S/C23H21ClN2O7S/c1-31-16-7-9-17(10-8-16)34(29,30)26-13-15-5-3-4-6-18(15)25(14-19(26)23(28)32-2)22(27)20-11-12-21(24)33-20/h3-12,19H,13-14H2,1-2H3. The second-order valence-corrected chi connectivity index (χ2v) is 9.68. The number of rotatable bonds is 5. The van der Waals surface area contributed by atoms with Gasteiger partial charge in [-0.3, -0.25) is 9.59 Å². The maximum Gasteiger partial charge on any atom is 0.326 e. The lowest BCUT2D eigenvalue weighted by atomic mass is 10.1. The van der Waals surface area contributed by atoms with Crippen LogP contribution in [0.15, 0.2) is 70.0 Å². The van der Waals surface area contributed by atoms with Crippen LogP contribution in [-0.2, 0) is 26.1 Å². The van der Waals surface area contributed by atoms with Gasteiger partial charge in [0, 0.05) is 12.2 Å². The van der Waals surface area contributed by atoms with Gasteiger partial charge in [-0.05, 0) is 59.6 Å². The summed E-state index contributed by atoms with van der Waals surface area (Å²) in [5.74, 6) is -0.939. The minimum atomic E-state index is -4.17. The van der Waals surface area contributed by atoms with Crippen LogP contribution < -0.4 is 9.64 Å². The molecule has 0 N–H and O–H groups in total. The number of nitrogens with zero attached hydrogens (tertiary/aromatic N) is 2. The molecule has 178 valence electrons. The van der Waals surface area contributed by atoms with Crippen molar-refractivity contribution in [3.05, 3.63) is 77.2 Å². The predicted octanol–water partition coefficient (Wildman–Crippen LogP) is 3.33.